The molecule has 0 spiro atoms. The normalized spacial score (nSPS) is 18.1. The molecule has 15 heteroatoms. The number of piperazine rings is 1. The summed E-state index contributed by atoms with van der Waals surface area (Å²) in [4.78, 5) is 64.3. The predicted octanol–water partition coefficient (Wildman–Crippen LogP) is 7.07. The molecule has 0 radical (unpaired) electrons. The van der Waals surface area contributed by atoms with Gasteiger partial charge in [-0.2, -0.15) is 4.98 Å². The summed E-state index contributed by atoms with van der Waals surface area (Å²) >= 11 is 0. The number of amides is 3. The highest BCUT2D eigenvalue weighted by atomic mass is 32.2. The van der Waals surface area contributed by atoms with Gasteiger partial charge in [-0.05, 0) is 113 Å². The van der Waals surface area contributed by atoms with E-state index >= 15 is 0 Å². The van der Waals surface area contributed by atoms with Gasteiger partial charge < -0.3 is 20.4 Å². The predicted molar refractivity (Wildman–Crippen MR) is 241 cm³/mol. The molecule has 1 aromatic heterocycles. The van der Waals surface area contributed by atoms with Crippen molar-refractivity contribution in [3.63, 3.8) is 0 Å². The summed E-state index contributed by atoms with van der Waals surface area (Å²) in [7, 11) is -3.71. The molecule has 62 heavy (non-hydrogen) atoms. The zero-order valence-electron chi connectivity index (χ0n) is 35.9. The van der Waals surface area contributed by atoms with Gasteiger partial charge in [0.15, 0.2) is 5.78 Å². The lowest BCUT2D eigenvalue weighted by molar-refractivity contribution is -0.137. The number of nitrogens with zero attached hydrogens (tertiary/aromatic N) is 4. The second-order valence-electron chi connectivity index (χ2n) is 17.5. The number of imide groups is 1. The van der Waals surface area contributed by atoms with Crippen molar-refractivity contribution in [2.45, 2.75) is 89.5 Å². The fourth-order valence-corrected chi connectivity index (χ4v) is 9.96. The first-order chi connectivity index (χ1) is 29.6. The van der Waals surface area contributed by atoms with Crippen LogP contribution >= 0.6 is 0 Å². The van der Waals surface area contributed by atoms with Gasteiger partial charge in [-0.1, -0.05) is 43.7 Å². The maximum absolute atomic E-state index is 13.4. The summed E-state index contributed by atoms with van der Waals surface area (Å²) < 4.78 is 28.5. The highest BCUT2D eigenvalue weighted by Gasteiger charge is 2.44. The van der Waals surface area contributed by atoms with Crippen molar-refractivity contribution in [2.24, 2.45) is 11.8 Å². The van der Waals surface area contributed by atoms with Crippen LogP contribution in [-0.2, 0) is 30.8 Å². The Kier molecular flexibility index (Phi) is 13.2. The van der Waals surface area contributed by atoms with Gasteiger partial charge in [0.1, 0.15) is 5.82 Å². The third kappa shape index (κ3) is 10.4. The Morgan fingerprint density at radius 1 is 0.903 bits per heavy atom. The smallest absolute Gasteiger partial charge is 0.241 e. The van der Waals surface area contributed by atoms with E-state index in [0.29, 0.717) is 54.5 Å². The van der Waals surface area contributed by atoms with Crippen LogP contribution in [0.5, 0.6) is 0 Å². The third-order valence-electron chi connectivity index (χ3n) is 11.6. The van der Waals surface area contributed by atoms with Crippen LogP contribution in [0.2, 0.25) is 0 Å². The molecule has 4 aromatic rings. The SMILES string of the molecule is C=C1c2c(CCCCCCC(=O)N3CCN(c4ccc(Nc5ncc(C)c(Nc6cccc(S(=O)(=O)NC(C)(C)C)c6)n5)cc4)CC3)cccc2C(=O)C1C1CCC(=O)NC1=O. The fraction of sp³-hybridized carbons (Fsp3) is 0.404. The zero-order chi connectivity index (χ0) is 44.2. The number of carbonyl (C=O) groups excluding carboxylic acids is 4. The second kappa shape index (κ2) is 18.6. The summed E-state index contributed by atoms with van der Waals surface area (Å²) in [5.74, 6) is -0.850. The summed E-state index contributed by atoms with van der Waals surface area (Å²) in [5.41, 5.74) is 5.85. The van der Waals surface area contributed by atoms with E-state index in [0.717, 1.165) is 73.3 Å². The molecule has 7 rings (SSSR count). The highest BCUT2D eigenvalue weighted by Crippen LogP contribution is 2.44. The van der Waals surface area contributed by atoms with E-state index in [9.17, 15) is 27.6 Å². The summed E-state index contributed by atoms with van der Waals surface area (Å²) in [6.07, 6.45) is 7.21. The first-order valence-electron chi connectivity index (χ1n) is 21.4. The van der Waals surface area contributed by atoms with Crippen molar-refractivity contribution in [1.29, 1.82) is 0 Å². The molecule has 326 valence electrons. The first kappa shape index (κ1) is 44.1. The Morgan fingerprint density at radius 2 is 1.63 bits per heavy atom. The van der Waals surface area contributed by atoms with Crippen LogP contribution < -0.4 is 25.6 Å². The number of ketones is 1. The van der Waals surface area contributed by atoms with E-state index in [1.54, 1.807) is 51.2 Å². The lowest BCUT2D eigenvalue weighted by Gasteiger charge is -2.36. The molecule has 2 fully saturated rings. The zero-order valence-corrected chi connectivity index (χ0v) is 36.7. The van der Waals surface area contributed by atoms with Gasteiger partial charge in [-0.3, -0.25) is 24.5 Å². The van der Waals surface area contributed by atoms with Gasteiger partial charge in [0, 0.05) is 78.9 Å². The van der Waals surface area contributed by atoms with E-state index in [1.807, 2.05) is 54.3 Å². The maximum atomic E-state index is 13.4. The molecule has 3 aromatic carbocycles. The van der Waals surface area contributed by atoms with Gasteiger partial charge in [-0.15, -0.1) is 0 Å². The number of Topliss-reactive ketones (excluding diaryl/α,β-unsaturated/α-hetero) is 1. The first-order valence-corrected chi connectivity index (χ1v) is 22.9. The molecule has 0 saturated carbocycles. The highest BCUT2D eigenvalue weighted by molar-refractivity contribution is 7.89. The number of hydrogen-bond donors (Lipinski definition) is 4. The average molecular weight is 861 g/mol. The molecule has 2 saturated heterocycles. The molecule has 2 aliphatic heterocycles. The number of aromatic nitrogens is 2. The van der Waals surface area contributed by atoms with Crippen molar-refractivity contribution < 1.29 is 27.6 Å². The average Bonchev–Trinajstić information content (AvgIpc) is 3.49. The van der Waals surface area contributed by atoms with Gasteiger partial charge in [0.25, 0.3) is 0 Å². The molecule has 1 aliphatic carbocycles. The monoisotopic (exact) mass is 860 g/mol. The maximum Gasteiger partial charge on any atom is 0.241 e. The van der Waals surface area contributed by atoms with E-state index in [2.05, 4.69) is 42.1 Å². The molecule has 3 amide bonds. The van der Waals surface area contributed by atoms with Crippen molar-refractivity contribution in [2.75, 3.05) is 41.7 Å². The van der Waals surface area contributed by atoms with Gasteiger partial charge >= 0.3 is 0 Å². The van der Waals surface area contributed by atoms with E-state index < -0.39 is 27.4 Å². The van der Waals surface area contributed by atoms with Crippen LogP contribution in [0.4, 0.5) is 28.8 Å². The molecular formula is C47H56N8O6S. The van der Waals surface area contributed by atoms with Crippen molar-refractivity contribution in [3.8, 4) is 0 Å². The molecule has 0 bridgehead atoms. The van der Waals surface area contributed by atoms with Crippen LogP contribution in [0.25, 0.3) is 5.57 Å². The quantitative estimate of drug-likeness (QED) is 0.0709. The number of sulfonamides is 1. The number of piperidine rings is 1. The van der Waals surface area contributed by atoms with Crippen LogP contribution in [0.15, 0.2) is 84.4 Å². The summed E-state index contributed by atoms with van der Waals surface area (Å²) in [6, 6.07) is 20.4. The third-order valence-corrected chi connectivity index (χ3v) is 13.4. The molecule has 4 N–H and O–H groups in total. The summed E-state index contributed by atoms with van der Waals surface area (Å²) in [6.45, 7) is 14.3. The lowest BCUT2D eigenvalue weighted by atomic mass is 9.80. The number of unbranched alkanes of at least 4 members (excludes halogenated alkanes) is 3. The lowest BCUT2D eigenvalue weighted by Crippen LogP contribution is -2.48. The number of rotatable bonds is 15. The molecule has 14 nitrogen and oxygen atoms in total. The Bertz CT molecular complexity index is 2470. The number of benzene rings is 3. The van der Waals surface area contributed by atoms with Crippen LogP contribution in [-0.4, -0.2) is 78.5 Å². The Morgan fingerprint density at radius 3 is 2.35 bits per heavy atom. The van der Waals surface area contributed by atoms with Crippen LogP contribution in [0.3, 0.4) is 0 Å². The number of hydrogen-bond acceptors (Lipinski definition) is 11. The number of fused-ring (bicyclic) bond motifs is 1. The number of aryl methyl sites for hydroxylation is 2. The molecule has 3 aliphatic rings. The standard InChI is InChI=1S/C47H56N8O6S/c1-30-29-48-46(52-44(30)49-34-14-11-15-36(28-34)62(60,61)53-47(3,4)5)50-33-18-20-35(21-19-33)54-24-26-55(27-25-54)40(57)17-9-7-6-8-12-32-13-10-16-37-41(32)31(2)42(43(37)58)38-22-23-39(56)51-45(38)59/h10-11,13-16,18-21,28-29,38,42,53H,2,6-9,12,17,22-27H2,1,3-5H3,(H,51,56,59)(H2,48,49,50,52). The Balaban J connectivity index is 0.832. The number of allylic oxidation sites excluding steroid dienone is 1. The van der Waals surface area contributed by atoms with Crippen molar-refractivity contribution >= 4 is 67.9 Å². The van der Waals surface area contributed by atoms with Crippen molar-refractivity contribution in [1.82, 2.24) is 24.9 Å². The minimum atomic E-state index is -3.71. The molecular weight excluding hydrogens is 805 g/mol. The van der Waals surface area contributed by atoms with Gasteiger partial charge in [0.2, 0.25) is 33.7 Å². The minimum Gasteiger partial charge on any atom is -0.368 e. The number of carbonyl (C=O) groups is 4. The van der Waals surface area contributed by atoms with E-state index in [-0.39, 0.29) is 34.8 Å². The summed E-state index contributed by atoms with van der Waals surface area (Å²) in [5, 5.41) is 8.88. The van der Waals surface area contributed by atoms with Gasteiger partial charge in [-0.25, -0.2) is 18.1 Å². The van der Waals surface area contributed by atoms with Crippen LogP contribution in [0, 0.1) is 18.8 Å². The van der Waals surface area contributed by atoms with Crippen LogP contribution in [0.1, 0.15) is 92.8 Å². The largest absolute Gasteiger partial charge is 0.368 e. The van der Waals surface area contributed by atoms with E-state index in [4.69, 9.17) is 0 Å². The van der Waals surface area contributed by atoms with E-state index in [1.165, 1.54) is 0 Å². The molecule has 2 atom stereocenters. The molecule has 3 heterocycles. The minimum absolute atomic E-state index is 0.0851. The Labute approximate surface area is 364 Å². The second-order valence-corrected chi connectivity index (χ2v) is 19.1. The topological polar surface area (TPSA) is 183 Å². The number of nitrogens with one attached hydrogen (secondary N) is 4. The van der Waals surface area contributed by atoms with Gasteiger partial charge in [0.05, 0.1) is 16.7 Å². The molecule has 2 unspecified atom stereocenters. The Hall–Kier alpha value is -5.93. The van der Waals surface area contributed by atoms with Crippen molar-refractivity contribution in [3.05, 3.63) is 102 Å². The number of anilines is 5. The fourth-order valence-electron chi connectivity index (χ4n) is 8.50.